The Kier molecular flexibility index (Phi) is 3.04. The summed E-state index contributed by atoms with van der Waals surface area (Å²) in [4.78, 5) is 21.3. The van der Waals surface area contributed by atoms with E-state index in [9.17, 15) is 9.90 Å². The number of benzene rings is 1. The number of aliphatic hydroxyl groups is 1. The number of amides is 1. The first-order valence-electron chi connectivity index (χ1n) is 8.69. The number of aryl methyl sites for hydroxylation is 1. The van der Waals surface area contributed by atoms with Gasteiger partial charge in [0.15, 0.2) is 0 Å². The molecule has 3 aliphatic carbocycles. The minimum absolute atomic E-state index is 0.000201. The Morgan fingerprint density at radius 1 is 1.27 bits per heavy atom. The molecule has 2 aromatic heterocycles. The predicted molar refractivity (Wildman–Crippen MR) is 96.2 cm³/mol. The summed E-state index contributed by atoms with van der Waals surface area (Å²) in [6.45, 7) is 0.172. The summed E-state index contributed by atoms with van der Waals surface area (Å²) in [6, 6.07) is 5.96. The highest BCUT2D eigenvalue weighted by Crippen LogP contribution is 2.73. The number of nitrogens with one attached hydrogen (secondary N) is 1. The average molecular weight is 349 g/mol. The van der Waals surface area contributed by atoms with Crippen molar-refractivity contribution in [3.8, 4) is 11.1 Å². The normalized spacial score (nSPS) is 26.2. The minimum atomic E-state index is -0.321. The minimum Gasteiger partial charge on any atom is -0.396 e. The maximum Gasteiger partial charge on any atom is 0.233 e. The summed E-state index contributed by atoms with van der Waals surface area (Å²) in [5, 5.41) is 17.3. The summed E-state index contributed by atoms with van der Waals surface area (Å²) < 4.78 is 1.76. The van der Waals surface area contributed by atoms with Gasteiger partial charge in [0.1, 0.15) is 0 Å². The maximum absolute atomic E-state index is 12.6. The zero-order chi connectivity index (χ0) is 17.9. The molecule has 0 radical (unpaired) electrons. The molecule has 2 N–H and O–H groups in total. The number of aliphatic hydroxyl groups excluding tert-OH is 1. The molecule has 0 unspecified atom stereocenters. The molecule has 3 aliphatic rings. The number of carbonyl (C=O) groups is 1. The largest absolute Gasteiger partial charge is 0.396 e. The van der Waals surface area contributed by atoms with Crippen LogP contribution in [0.4, 0.5) is 5.95 Å². The van der Waals surface area contributed by atoms with Gasteiger partial charge in [-0.3, -0.25) is 14.8 Å². The van der Waals surface area contributed by atoms with Crippen LogP contribution in [0.15, 0.2) is 36.8 Å². The summed E-state index contributed by atoms with van der Waals surface area (Å²) >= 11 is 0. The Morgan fingerprint density at radius 2 is 2.08 bits per heavy atom. The summed E-state index contributed by atoms with van der Waals surface area (Å²) in [5.74, 6) is 0.296. The Morgan fingerprint density at radius 3 is 2.77 bits per heavy atom. The Balaban J connectivity index is 1.40. The molecule has 3 saturated carbocycles. The van der Waals surface area contributed by atoms with E-state index in [1.165, 1.54) is 0 Å². The lowest BCUT2D eigenvalue weighted by Gasteiger charge is -2.68. The lowest BCUT2D eigenvalue weighted by Crippen LogP contribution is -2.68. The first-order chi connectivity index (χ1) is 12.5. The molecule has 7 heteroatoms. The number of rotatable bonds is 4. The second-order valence-electron chi connectivity index (χ2n) is 7.79. The van der Waals surface area contributed by atoms with E-state index in [4.69, 9.17) is 0 Å². The van der Waals surface area contributed by atoms with Crippen LogP contribution < -0.4 is 5.32 Å². The molecule has 3 aromatic rings. The Bertz CT molecular complexity index is 1020. The van der Waals surface area contributed by atoms with Gasteiger partial charge in [-0.25, -0.2) is 9.97 Å². The summed E-state index contributed by atoms with van der Waals surface area (Å²) in [5.41, 5.74) is 2.49. The van der Waals surface area contributed by atoms with Crippen LogP contribution in [0.3, 0.4) is 0 Å². The lowest BCUT2D eigenvalue weighted by atomic mass is 9.35. The molecule has 2 bridgehead atoms. The van der Waals surface area contributed by atoms with E-state index in [1.807, 2.05) is 37.6 Å². The van der Waals surface area contributed by atoms with E-state index in [-0.39, 0.29) is 23.3 Å². The summed E-state index contributed by atoms with van der Waals surface area (Å²) in [6.07, 6.45) is 7.78. The molecule has 0 saturated heterocycles. The van der Waals surface area contributed by atoms with Crippen LogP contribution in [0, 0.1) is 10.8 Å². The first-order valence-corrected chi connectivity index (χ1v) is 8.69. The van der Waals surface area contributed by atoms with Gasteiger partial charge in [-0.05, 0) is 36.3 Å². The fourth-order valence-corrected chi connectivity index (χ4v) is 4.47. The van der Waals surface area contributed by atoms with Crippen molar-refractivity contribution in [3.63, 3.8) is 0 Å². The Hall–Kier alpha value is -2.80. The van der Waals surface area contributed by atoms with Crippen LogP contribution in [0.25, 0.3) is 22.0 Å². The fourth-order valence-electron chi connectivity index (χ4n) is 4.47. The molecule has 1 amide bonds. The maximum atomic E-state index is 12.6. The van der Waals surface area contributed by atoms with Gasteiger partial charge in [-0.1, -0.05) is 12.1 Å². The van der Waals surface area contributed by atoms with Crippen LogP contribution in [0.2, 0.25) is 0 Å². The lowest BCUT2D eigenvalue weighted by molar-refractivity contribution is -0.216. The molecule has 0 aliphatic heterocycles. The van der Waals surface area contributed by atoms with Crippen molar-refractivity contribution in [2.45, 2.75) is 19.3 Å². The molecule has 6 rings (SSSR count). The van der Waals surface area contributed by atoms with E-state index >= 15 is 0 Å². The number of nitrogens with zero attached hydrogens (tertiary/aromatic N) is 4. The number of hydrogen-bond acceptors (Lipinski definition) is 5. The van der Waals surface area contributed by atoms with Gasteiger partial charge >= 0.3 is 0 Å². The molecule has 26 heavy (non-hydrogen) atoms. The number of hydrogen-bond donors (Lipinski definition) is 2. The highest BCUT2D eigenvalue weighted by Gasteiger charge is 2.71. The summed E-state index contributed by atoms with van der Waals surface area (Å²) in [7, 11) is 1.88. The van der Waals surface area contributed by atoms with Crippen LogP contribution in [-0.4, -0.2) is 37.4 Å². The number of aromatic nitrogens is 4. The molecule has 2 heterocycles. The van der Waals surface area contributed by atoms with Crippen molar-refractivity contribution in [2.75, 3.05) is 11.9 Å². The zero-order valence-corrected chi connectivity index (χ0v) is 14.4. The van der Waals surface area contributed by atoms with Crippen LogP contribution >= 0.6 is 0 Å². The molecular formula is C19H19N5O2. The molecule has 1 aromatic carbocycles. The third kappa shape index (κ3) is 2.17. The van der Waals surface area contributed by atoms with Crippen molar-refractivity contribution in [1.82, 2.24) is 19.7 Å². The quantitative estimate of drug-likeness (QED) is 0.753. The molecule has 132 valence electrons. The highest BCUT2D eigenvalue weighted by atomic mass is 16.3. The van der Waals surface area contributed by atoms with Crippen molar-refractivity contribution >= 4 is 22.8 Å². The van der Waals surface area contributed by atoms with Gasteiger partial charge in [-0.15, -0.1) is 0 Å². The van der Waals surface area contributed by atoms with Crippen LogP contribution in [0.5, 0.6) is 0 Å². The van der Waals surface area contributed by atoms with Crippen LogP contribution in [-0.2, 0) is 11.8 Å². The predicted octanol–water partition coefficient (Wildman–Crippen LogP) is 2.13. The van der Waals surface area contributed by atoms with Gasteiger partial charge in [0.2, 0.25) is 11.9 Å². The highest BCUT2D eigenvalue weighted by molar-refractivity contribution is 5.97. The number of fused-ring (bicyclic) bond motifs is 1. The smallest absolute Gasteiger partial charge is 0.233 e. The van der Waals surface area contributed by atoms with E-state index in [2.05, 4.69) is 20.4 Å². The van der Waals surface area contributed by atoms with Gasteiger partial charge < -0.3 is 5.11 Å². The monoisotopic (exact) mass is 349 g/mol. The third-order valence-corrected chi connectivity index (χ3v) is 5.80. The number of anilines is 1. The molecular weight excluding hydrogens is 330 g/mol. The molecule has 3 fully saturated rings. The van der Waals surface area contributed by atoms with Crippen molar-refractivity contribution in [1.29, 1.82) is 0 Å². The molecule has 0 atom stereocenters. The Labute approximate surface area is 150 Å². The van der Waals surface area contributed by atoms with E-state index in [1.54, 1.807) is 10.9 Å². The van der Waals surface area contributed by atoms with E-state index < -0.39 is 0 Å². The molecule has 7 nitrogen and oxygen atoms in total. The van der Waals surface area contributed by atoms with Gasteiger partial charge in [0, 0.05) is 37.0 Å². The standard InChI is InChI=1S/C19H19N5O2/c1-24-7-14(6-21-24)12-2-3-13-5-20-17(22-15(13)4-12)23-16(26)19-8-18(9-19,10-19)11-25/h2-7,25H,8-11H2,1H3,(H,20,22,23,26). The first kappa shape index (κ1) is 15.5. The average Bonchev–Trinajstić information content (AvgIpc) is 2.99. The number of carbonyl (C=O) groups excluding carboxylic acids is 1. The van der Waals surface area contributed by atoms with Crippen molar-refractivity contribution in [3.05, 3.63) is 36.8 Å². The molecule has 0 spiro atoms. The zero-order valence-electron chi connectivity index (χ0n) is 14.4. The third-order valence-electron chi connectivity index (χ3n) is 5.80. The topological polar surface area (TPSA) is 92.9 Å². The van der Waals surface area contributed by atoms with Gasteiger partial charge in [-0.2, -0.15) is 5.10 Å². The van der Waals surface area contributed by atoms with Crippen molar-refractivity contribution in [2.24, 2.45) is 17.9 Å². The second-order valence-corrected chi connectivity index (χ2v) is 7.79. The van der Waals surface area contributed by atoms with Gasteiger partial charge in [0.05, 0.1) is 17.1 Å². The second kappa shape index (κ2) is 5.11. The van der Waals surface area contributed by atoms with E-state index in [0.717, 1.165) is 41.3 Å². The van der Waals surface area contributed by atoms with Crippen molar-refractivity contribution < 1.29 is 9.90 Å². The van der Waals surface area contributed by atoms with E-state index in [0.29, 0.717) is 5.95 Å². The SMILES string of the molecule is Cn1cc(-c2ccc3cnc(NC(=O)C45CC(CO)(C4)C5)nc3c2)cn1. The fraction of sp³-hybridized carbons (Fsp3) is 0.368. The van der Waals surface area contributed by atoms with Gasteiger partial charge in [0.25, 0.3) is 0 Å². The van der Waals surface area contributed by atoms with Crippen LogP contribution in [0.1, 0.15) is 19.3 Å².